The van der Waals surface area contributed by atoms with Gasteiger partial charge in [0.25, 0.3) is 5.91 Å². The summed E-state index contributed by atoms with van der Waals surface area (Å²) >= 11 is 0. The molecule has 1 aliphatic rings. The van der Waals surface area contributed by atoms with Crippen molar-refractivity contribution in [1.82, 2.24) is 14.9 Å². The maximum atomic E-state index is 13.1. The summed E-state index contributed by atoms with van der Waals surface area (Å²) in [6.45, 7) is 0.352. The Morgan fingerprint density at radius 1 is 1.23 bits per heavy atom. The predicted molar refractivity (Wildman–Crippen MR) is 101 cm³/mol. The monoisotopic (exact) mass is 347 g/mol. The van der Waals surface area contributed by atoms with Crippen LogP contribution in [0.3, 0.4) is 0 Å². The first-order chi connectivity index (χ1) is 12.6. The number of aliphatic hydroxyl groups is 1. The number of pyridine rings is 2. The normalized spacial score (nSPS) is 15.0. The zero-order valence-electron chi connectivity index (χ0n) is 14.7. The molecule has 132 valence electrons. The molecule has 0 aliphatic heterocycles. The van der Waals surface area contributed by atoms with Crippen molar-refractivity contribution in [3.05, 3.63) is 60.4 Å². The third-order valence-electron chi connectivity index (χ3n) is 4.90. The van der Waals surface area contributed by atoms with Crippen LogP contribution in [-0.2, 0) is 0 Å². The first-order valence-corrected chi connectivity index (χ1v) is 8.87. The first kappa shape index (κ1) is 16.7. The minimum Gasteiger partial charge on any atom is -0.391 e. The van der Waals surface area contributed by atoms with Crippen LogP contribution in [0.4, 0.5) is 0 Å². The number of hydrogen-bond donors (Lipinski definition) is 1. The van der Waals surface area contributed by atoms with Crippen LogP contribution in [0.15, 0.2) is 54.9 Å². The number of para-hydroxylation sites is 1. The van der Waals surface area contributed by atoms with E-state index in [2.05, 4.69) is 4.98 Å². The summed E-state index contributed by atoms with van der Waals surface area (Å²) in [6, 6.07) is 13.2. The minimum atomic E-state index is -0.447. The average Bonchev–Trinajstić information content (AvgIpc) is 3.52. The van der Waals surface area contributed by atoms with Gasteiger partial charge in [0.2, 0.25) is 0 Å². The number of carbonyl (C=O) groups is 1. The Kier molecular flexibility index (Phi) is 4.39. The highest BCUT2D eigenvalue weighted by molar-refractivity contribution is 6.07. The molecule has 5 nitrogen and oxygen atoms in total. The summed E-state index contributed by atoms with van der Waals surface area (Å²) < 4.78 is 0. The summed E-state index contributed by atoms with van der Waals surface area (Å²) in [7, 11) is 1.75. The molecule has 1 aromatic carbocycles. The lowest BCUT2D eigenvalue weighted by Crippen LogP contribution is -2.35. The molecule has 1 N–H and O–H groups in total. The quantitative estimate of drug-likeness (QED) is 0.770. The molecule has 1 unspecified atom stereocenters. The molecule has 4 rings (SSSR count). The Morgan fingerprint density at radius 3 is 2.69 bits per heavy atom. The molecule has 1 saturated carbocycles. The van der Waals surface area contributed by atoms with Crippen LogP contribution >= 0.6 is 0 Å². The van der Waals surface area contributed by atoms with E-state index in [1.54, 1.807) is 24.3 Å². The maximum absolute atomic E-state index is 13.1. The Hall–Kier alpha value is -2.79. The average molecular weight is 347 g/mol. The van der Waals surface area contributed by atoms with E-state index in [0.29, 0.717) is 18.0 Å². The fourth-order valence-electron chi connectivity index (χ4n) is 3.22. The van der Waals surface area contributed by atoms with Crippen LogP contribution in [0, 0.1) is 5.92 Å². The van der Waals surface area contributed by atoms with Crippen LogP contribution in [0.5, 0.6) is 0 Å². The molecule has 0 bridgehead atoms. The summed E-state index contributed by atoms with van der Waals surface area (Å²) in [5, 5.41) is 11.0. The third-order valence-corrected chi connectivity index (χ3v) is 4.90. The second-order valence-electron chi connectivity index (χ2n) is 6.90. The molecule has 0 saturated heterocycles. The van der Waals surface area contributed by atoms with E-state index in [4.69, 9.17) is 4.98 Å². The van der Waals surface area contributed by atoms with E-state index in [0.717, 1.165) is 35.0 Å². The van der Waals surface area contributed by atoms with Crippen molar-refractivity contribution >= 4 is 16.8 Å². The number of rotatable bonds is 5. The fraction of sp³-hybridized carbons (Fsp3) is 0.286. The number of hydrogen-bond acceptors (Lipinski definition) is 4. The van der Waals surface area contributed by atoms with E-state index in [1.165, 1.54) is 0 Å². The van der Waals surface area contributed by atoms with E-state index in [1.807, 2.05) is 42.5 Å². The second-order valence-corrected chi connectivity index (χ2v) is 6.90. The summed E-state index contributed by atoms with van der Waals surface area (Å²) in [4.78, 5) is 23.4. The number of nitrogens with zero attached hydrogens (tertiary/aromatic N) is 3. The lowest BCUT2D eigenvalue weighted by atomic mass is 10.0. The zero-order chi connectivity index (χ0) is 18.1. The topological polar surface area (TPSA) is 66.3 Å². The highest BCUT2D eigenvalue weighted by atomic mass is 16.3. The lowest BCUT2D eigenvalue weighted by molar-refractivity contribution is 0.0647. The molecule has 1 aliphatic carbocycles. The smallest absolute Gasteiger partial charge is 0.254 e. The predicted octanol–water partition coefficient (Wildman–Crippen LogP) is 3.14. The number of carbonyl (C=O) groups excluding carboxylic acids is 1. The van der Waals surface area contributed by atoms with Gasteiger partial charge in [0.1, 0.15) is 0 Å². The van der Waals surface area contributed by atoms with Crippen LogP contribution in [-0.4, -0.2) is 45.6 Å². The first-order valence-electron chi connectivity index (χ1n) is 8.87. The Bertz CT molecular complexity index is 938. The minimum absolute atomic E-state index is 0.0985. The van der Waals surface area contributed by atoms with Crippen molar-refractivity contribution in [1.29, 1.82) is 0 Å². The number of benzene rings is 1. The van der Waals surface area contributed by atoms with E-state index >= 15 is 0 Å². The van der Waals surface area contributed by atoms with E-state index in [9.17, 15) is 9.90 Å². The lowest BCUT2D eigenvalue weighted by Gasteiger charge is -2.22. The van der Waals surface area contributed by atoms with Gasteiger partial charge in [-0.05, 0) is 43.0 Å². The van der Waals surface area contributed by atoms with Crippen molar-refractivity contribution in [3.63, 3.8) is 0 Å². The molecule has 1 atom stereocenters. The standard InChI is InChI=1S/C21H21N3O2/c1-24(13-20(25)15-6-7-15)21(26)17-12-19(14-8-10-22-11-9-14)23-18-5-3-2-4-16(17)18/h2-5,8-12,15,20,25H,6-7,13H2,1H3. The Balaban J connectivity index is 1.73. The van der Waals surface area contributed by atoms with E-state index in [-0.39, 0.29) is 5.91 Å². The number of aliphatic hydroxyl groups excluding tert-OH is 1. The van der Waals surface area contributed by atoms with E-state index < -0.39 is 6.10 Å². The molecule has 0 radical (unpaired) electrons. The SMILES string of the molecule is CN(CC(O)C1CC1)C(=O)c1cc(-c2ccncc2)nc2ccccc12. The van der Waals surface area contributed by atoms with Crippen LogP contribution < -0.4 is 0 Å². The van der Waals surface area contributed by atoms with Gasteiger partial charge in [-0.15, -0.1) is 0 Å². The molecule has 2 heterocycles. The van der Waals surface area contributed by atoms with Crippen molar-refractivity contribution in [2.45, 2.75) is 18.9 Å². The molecule has 1 fully saturated rings. The molecular weight excluding hydrogens is 326 g/mol. The highest BCUT2D eigenvalue weighted by Gasteiger charge is 2.31. The van der Waals surface area contributed by atoms with Crippen molar-refractivity contribution in [2.75, 3.05) is 13.6 Å². The molecule has 5 heteroatoms. The van der Waals surface area contributed by atoms with Crippen molar-refractivity contribution in [2.24, 2.45) is 5.92 Å². The highest BCUT2D eigenvalue weighted by Crippen LogP contribution is 2.33. The maximum Gasteiger partial charge on any atom is 0.254 e. The van der Waals surface area contributed by atoms with Crippen molar-refractivity contribution in [3.8, 4) is 11.3 Å². The summed E-state index contributed by atoms with van der Waals surface area (Å²) in [5.74, 6) is 0.241. The van der Waals surface area contributed by atoms with Gasteiger partial charge in [-0.2, -0.15) is 0 Å². The van der Waals surface area contributed by atoms with Crippen LogP contribution in [0.2, 0.25) is 0 Å². The van der Waals surface area contributed by atoms with Crippen LogP contribution in [0.1, 0.15) is 23.2 Å². The molecule has 26 heavy (non-hydrogen) atoms. The molecule has 3 aromatic rings. The number of aromatic nitrogens is 2. The van der Waals surface area contributed by atoms with Gasteiger partial charge >= 0.3 is 0 Å². The summed E-state index contributed by atoms with van der Waals surface area (Å²) in [6.07, 6.45) is 5.08. The largest absolute Gasteiger partial charge is 0.391 e. The van der Waals surface area contributed by atoms with Gasteiger partial charge in [-0.25, -0.2) is 4.98 Å². The molecular formula is C21H21N3O2. The molecule has 2 aromatic heterocycles. The van der Waals surface area contributed by atoms with Gasteiger partial charge in [-0.3, -0.25) is 9.78 Å². The Morgan fingerprint density at radius 2 is 1.96 bits per heavy atom. The van der Waals surface area contributed by atoms with Crippen LogP contribution in [0.25, 0.3) is 22.2 Å². The van der Waals surface area contributed by atoms with Gasteiger partial charge in [-0.1, -0.05) is 18.2 Å². The second kappa shape index (κ2) is 6.84. The number of likely N-dealkylation sites (N-methyl/N-ethyl adjacent to an activating group) is 1. The van der Waals surface area contributed by atoms with Gasteiger partial charge < -0.3 is 10.0 Å². The fourth-order valence-corrected chi connectivity index (χ4v) is 3.22. The summed E-state index contributed by atoms with van der Waals surface area (Å²) in [5.41, 5.74) is 3.04. The van der Waals surface area contributed by atoms with Gasteiger partial charge in [0.15, 0.2) is 0 Å². The van der Waals surface area contributed by atoms with Crippen molar-refractivity contribution < 1.29 is 9.90 Å². The zero-order valence-corrected chi connectivity index (χ0v) is 14.7. The van der Waals surface area contributed by atoms with Gasteiger partial charge in [0, 0.05) is 36.9 Å². The van der Waals surface area contributed by atoms with Gasteiger partial charge in [0.05, 0.1) is 22.9 Å². The number of fused-ring (bicyclic) bond motifs is 1. The molecule has 1 amide bonds. The Labute approximate surface area is 152 Å². The third kappa shape index (κ3) is 3.30. The number of amides is 1. The molecule has 0 spiro atoms.